The molecule has 3 aromatic carbocycles. The van der Waals surface area contributed by atoms with Crippen LogP contribution in [0.15, 0.2) is 60.7 Å². The van der Waals surface area contributed by atoms with Gasteiger partial charge in [0, 0.05) is 86.9 Å². The average molecular weight is 791 g/mol. The Hall–Kier alpha value is -5.45. The summed E-state index contributed by atoms with van der Waals surface area (Å²) in [6, 6.07) is 20.3. The Morgan fingerprint density at radius 2 is 1.42 bits per heavy atom. The third-order valence-electron chi connectivity index (χ3n) is 12.3. The second kappa shape index (κ2) is 16.6. The Kier molecular flexibility index (Phi) is 11.2. The van der Waals surface area contributed by atoms with Gasteiger partial charge in [-0.2, -0.15) is 5.26 Å². The van der Waals surface area contributed by atoms with E-state index < -0.39 is 23.8 Å². The molecule has 13 nitrogen and oxygen atoms in total. The molecule has 3 N–H and O–H groups in total. The predicted molar refractivity (Wildman–Crippen MR) is 216 cm³/mol. The number of rotatable bonds is 9. The number of carbonyl (C=O) groups excluding carboxylic acids is 5. The van der Waals surface area contributed by atoms with Crippen LogP contribution in [0.25, 0.3) is 0 Å². The normalized spacial score (nSPS) is 23.2. The summed E-state index contributed by atoms with van der Waals surface area (Å²) in [5, 5.41) is 18.6. The molecule has 0 radical (unpaired) electrons. The average Bonchev–Trinajstić information content (AvgIpc) is 3.47. The number of hydrogen-bond donors (Lipinski definition) is 3. The van der Waals surface area contributed by atoms with E-state index >= 15 is 0 Å². The molecule has 1 saturated carbocycles. The highest BCUT2D eigenvalue weighted by molar-refractivity contribution is 6.32. The van der Waals surface area contributed by atoms with Crippen molar-refractivity contribution < 1.29 is 24.0 Å². The topological polar surface area (TPSA) is 158 Å². The predicted octanol–water partition coefficient (Wildman–Crippen LogP) is 4.80. The number of anilines is 3. The van der Waals surface area contributed by atoms with Crippen LogP contribution >= 0.6 is 11.6 Å². The summed E-state index contributed by atoms with van der Waals surface area (Å²) < 4.78 is 0. The summed E-state index contributed by atoms with van der Waals surface area (Å²) in [5.74, 6) is -1.42. The van der Waals surface area contributed by atoms with Gasteiger partial charge in [-0.25, -0.2) is 0 Å². The monoisotopic (exact) mass is 790 g/mol. The molecule has 4 heterocycles. The van der Waals surface area contributed by atoms with E-state index in [0.717, 1.165) is 106 Å². The molecule has 0 bridgehead atoms. The van der Waals surface area contributed by atoms with Crippen LogP contribution in [0, 0.1) is 17.2 Å². The van der Waals surface area contributed by atoms with Gasteiger partial charge < -0.3 is 20.4 Å². The number of nitrogens with zero attached hydrogens (tertiary/aromatic N) is 5. The van der Waals surface area contributed by atoms with Crippen LogP contribution in [0.1, 0.15) is 88.0 Å². The fourth-order valence-corrected chi connectivity index (χ4v) is 9.21. The zero-order valence-corrected chi connectivity index (χ0v) is 32.6. The van der Waals surface area contributed by atoms with Crippen LogP contribution in [-0.2, 0) is 9.59 Å². The molecule has 5 aliphatic rings. The van der Waals surface area contributed by atoms with Crippen LogP contribution in [0.3, 0.4) is 0 Å². The number of benzene rings is 3. The summed E-state index contributed by atoms with van der Waals surface area (Å²) in [6.45, 7) is 6.56. The molecule has 4 fully saturated rings. The Morgan fingerprint density at radius 3 is 2.11 bits per heavy atom. The van der Waals surface area contributed by atoms with E-state index in [2.05, 4.69) is 48.9 Å². The van der Waals surface area contributed by atoms with E-state index in [1.165, 1.54) is 0 Å². The van der Waals surface area contributed by atoms with Gasteiger partial charge in [-0.05, 0) is 112 Å². The molecule has 4 aliphatic heterocycles. The van der Waals surface area contributed by atoms with E-state index in [9.17, 15) is 24.0 Å². The molecule has 0 spiro atoms. The first-order valence-corrected chi connectivity index (χ1v) is 20.5. The van der Waals surface area contributed by atoms with Crippen LogP contribution < -0.4 is 25.8 Å². The molecular formula is C43H47ClN8O5. The Balaban J connectivity index is 0.753. The summed E-state index contributed by atoms with van der Waals surface area (Å²) >= 11 is 6.19. The summed E-state index contributed by atoms with van der Waals surface area (Å²) in [4.78, 5) is 71.8. The molecule has 57 heavy (non-hydrogen) atoms. The standard InChI is InChI=1S/C43H47ClN8O5/c44-37-23-32(4-1-29(37)25-45)46-30-5-7-31(8-6-30)47-40(54)28-2-9-33(10-3-28)51-21-19-49(20-22-51)26-27-15-17-50(18-16-27)34-11-12-35-36(24-34)43(57)52(42(35)56)38-13-14-39(53)48-41(38)55/h1-4,9-12,23-24,27,30-31,38,46H,5-8,13-22,26H2,(H,47,54)(H,48,53,55). The molecule has 1 unspecified atom stereocenters. The molecule has 8 rings (SSSR count). The fraction of sp³-hybridized carbons (Fsp3) is 0.442. The summed E-state index contributed by atoms with van der Waals surface area (Å²) in [5.41, 5.74) is 4.69. The Labute approximate surface area is 337 Å². The van der Waals surface area contributed by atoms with E-state index in [4.69, 9.17) is 16.9 Å². The lowest BCUT2D eigenvalue weighted by Crippen LogP contribution is -2.54. The maximum Gasteiger partial charge on any atom is 0.262 e. The first-order chi connectivity index (χ1) is 27.6. The number of piperazine rings is 1. The van der Waals surface area contributed by atoms with Crippen molar-refractivity contribution in [3.05, 3.63) is 87.9 Å². The van der Waals surface area contributed by atoms with Gasteiger partial charge >= 0.3 is 0 Å². The SMILES string of the molecule is N#Cc1ccc(NC2CCC(NC(=O)c3ccc(N4CCN(CC5CCN(c6ccc7c(c6)C(=O)N(C6CCC(=O)NC6=O)C7=O)CC5)CC4)cc3)CC2)cc1Cl. The smallest absolute Gasteiger partial charge is 0.262 e. The minimum Gasteiger partial charge on any atom is -0.382 e. The highest BCUT2D eigenvalue weighted by Gasteiger charge is 2.45. The third-order valence-corrected chi connectivity index (χ3v) is 12.6. The minimum atomic E-state index is -0.967. The Bertz CT molecular complexity index is 2100. The first-order valence-electron chi connectivity index (χ1n) is 20.1. The van der Waals surface area contributed by atoms with Crippen molar-refractivity contribution >= 4 is 58.2 Å². The van der Waals surface area contributed by atoms with Gasteiger partial charge in [-0.15, -0.1) is 0 Å². The van der Waals surface area contributed by atoms with E-state index in [0.29, 0.717) is 39.2 Å². The number of hydrogen-bond acceptors (Lipinski definition) is 10. The first kappa shape index (κ1) is 38.4. The van der Waals surface area contributed by atoms with Gasteiger partial charge in [-0.1, -0.05) is 11.6 Å². The Morgan fingerprint density at radius 1 is 0.754 bits per heavy atom. The van der Waals surface area contributed by atoms with Crippen molar-refractivity contribution in [2.24, 2.45) is 5.92 Å². The molecule has 14 heteroatoms. The molecule has 1 atom stereocenters. The third kappa shape index (κ3) is 8.34. The summed E-state index contributed by atoms with van der Waals surface area (Å²) in [7, 11) is 0. The van der Waals surface area contributed by atoms with E-state index in [1.807, 2.05) is 24.3 Å². The number of imide groups is 2. The van der Waals surface area contributed by atoms with Crippen molar-refractivity contribution in [2.75, 3.05) is 60.9 Å². The van der Waals surface area contributed by atoms with Gasteiger partial charge in [-0.3, -0.25) is 39.1 Å². The van der Waals surface area contributed by atoms with Gasteiger partial charge in [0.1, 0.15) is 12.1 Å². The zero-order valence-electron chi connectivity index (χ0n) is 31.8. The molecule has 0 aromatic heterocycles. The second-order valence-corrected chi connectivity index (χ2v) is 16.3. The highest BCUT2D eigenvalue weighted by atomic mass is 35.5. The summed E-state index contributed by atoms with van der Waals surface area (Å²) in [6.07, 6.45) is 5.95. The number of piperidine rings is 2. The van der Waals surface area contributed by atoms with Crippen molar-refractivity contribution in [1.82, 2.24) is 20.4 Å². The lowest BCUT2D eigenvalue weighted by molar-refractivity contribution is -0.136. The van der Waals surface area contributed by atoms with Crippen molar-refractivity contribution in [2.45, 2.75) is 69.5 Å². The molecule has 3 aromatic rings. The van der Waals surface area contributed by atoms with Crippen molar-refractivity contribution in [1.29, 1.82) is 5.26 Å². The maximum atomic E-state index is 13.3. The number of amides is 5. The van der Waals surface area contributed by atoms with Crippen LogP contribution in [0.2, 0.25) is 5.02 Å². The van der Waals surface area contributed by atoms with E-state index in [1.54, 1.807) is 24.3 Å². The minimum absolute atomic E-state index is 0.0381. The number of halogens is 1. The van der Waals surface area contributed by atoms with Crippen molar-refractivity contribution in [3.8, 4) is 6.07 Å². The van der Waals surface area contributed by atoms with E-state index in [-0.39, 0.29) is 30.7 Å². The van der Waals surface area contributed by atoms with Crippen molar-refractivity contribution in [3.63, 3.8) is 0 Å². The molecule has 296 valence electrons. The quantitative estimate of drug-likeness (QED) is 0.257. The van der Waals surface area contributed by atoms with Crippen LogP contribution in [0.4, 0.5) is 17.1 Å². The number of carbonyl (C=O) groups is 5. The largest absolute Gasteiger partial charge is 0.382 e. The highest BCUT2D eigenvalue weighted by Crippen LogP contribution is 2.33. The van der Waals surface area contributed by atoms with Crippen LogP contribution in [0.5, 0.6) is 0 Å². The van der Waals surface area contributed by atoms with Crippen LogP contribution in [-0.4, -0.2) is 103 Å². The number of nitrogens with one attached hydrogen (secondary N) is 3. The molecule has 5 amide bonds. The number of nitriles is 1. The van der Waals surface area contributed by atoms with Gasteiger partial charge in [0.05, 0.1) is 21.7 Å². The molecular weight excluding hydrogens is 744 g/mol. The maximum absolute atomic E-state index is 13.3. The van der Waals surface area contributed by atoms with Gasteiger partial charge in [0.15, 0.2) is 0 Å². The second-order valence-electron chi connectivity index (χ2n) is 15.9. The zero-order chi connectivity index (χ0) is 39.6. The fourth-order valence-electron chi connectivity index (χ4n) is 8.99. The van der Waals surface area contributed by atoms with Gasteiger partial charge in [0.2, 0.25) is 11.8 Å². The molecule has 1 aliphatic carbocycles. The van der Waals surface area contributed by atoms with Gasteiger partial charge in [0.25, 0.3) is 17.7 Å². The lowest BCUT2D eigenvalue weighted by Gasteiger charge is -2.40. The lowest BCUT2D eigenvalue weighted by atomic mass is 9.90. The molecule has 3 saturated heterocycles. The number of fused-ring (bicyclic) bond motifs is 1.